The van der Waals surface area contributed by atoms with Gasteiger partial charge in [0, 0.05) is 48.9 Å². The van der Waals surface area contributed by atoms with Gasteiger partial charge in [-0.05, 0) is 39.4 Å². The Hall–Kier alpha value is -2.06. The molecule has 0 aromatic carbocycles. The van der Waals surface area contributed by atoms with Crippen LogP contribution in [0.1, 0.15) is 46.4 Å². The van der Waals surface area contributed by atoms with E-state index < -0.39 is 0 Å². The third-order valence-electron chi connectivity index (χ3n) is 4.70. The zero-order chi connectivity index (χ0) is 18.1. The van der Waals surface area contributed by atoms with Gasteiger partial charge in [-0.1, -0.05) is 0 Å². The summed E-state index contributed by atoms with van der Waals surface area (Å²) in [4.78, 5) is 30.2. The fourth-order valence-electron chi connectivity index (χ4n) is 3.20. The molecule has 26 heavy (non-hydrogen) atoms. The van der Waals surface area contributed by atoms with E-state index in [0.29, 0.717) is 11.6 Å². The number of nitrogens with one attached hydrogen (secondary N) is 1. The molecule has 138 valence electrons. The minimum absolute atomic E-state index is 0.0919. The maximum atomic E-state index is 12.5. The van der Waals surface area contributed by atoms with Gasteiger partial charge in [0.1, 0.15) is 10.7 Å². The Labute approximate surface area is 157 Å². The van der Waals surface area contributed by atoms with Crippen LogP contribution in [0.2, 0.25) is 0 Å². The molecule has 1 aliphatic carbocycles. The molecule has 1 N–H and O–H groups in total. The zero-order valence-corrected chi connectivity index (χ0v) is 16.0. The second kappa shape index (κ2) is 7.28. The minimum Gasteiger partial charge on any atom is -0.346 e. The number of thiazole rings is 1. The number of hydrogen-bond acceptors (Lipinski definition) is 7. The first kappa shape index (κ1) is 17.4. The lowest BCUT2D eigenvalue weighted by molar-refractivity contribution is 0.0935. The van der Waals surface area contributed by atoms with Crippen LogP contribution < -0.4 is 10.2 Å². The zero-order valence-electron chi connectivity index (χ0n) is 15.2. The topological polar surface area (TPSA) is 74.2 Å². The van der Waals surface area contributed by atoms with Gasteiger partial charge in [-0.2, -0.15) is 0 Å². The van der Waals surface area contributed by atoms with E-state index in [-0.39, 0.29) is 11.9 Å². The molecule has 2 aliphatic rings. The maximum Gasteiger partial charge on any atom is 0.271 e. The lowest BCUT2D eigenvalue weighted by Crippen LogP contribution is -2.37. The smallest absolute Gasteiger partial charge is 0.271 e. The van der Waals surface area contributed by atoms with Gasteiger partial charge >= 0.3 is 0 Å². The SMILES string of the molecule is CN(C)Cc1nc(C(=O)NC2CCN(c3nccc(C4CC4)n3)C2)cs1. The first-order valence-corrected chi connectivity index (χ1v) is 9.94. The summed E-state index contributed by atoms with van der Waals surface area (Å²) in [5.74, 6) is 1.31. The largest absolute Gasteiger partial charge is 0.346 e. The van der Waals surface area contributed by atoms with E-state index in [1.165, 1.54) is 24.2 Å². The highest BCUT2D eigenvalue weighted by atomic mass is 32.1. The molecule has 3 heterocycles. The molecule has 1 aliphatic heterocycles. The van der Waals surface area contributed by atoms with Crippen LogP contribution in [0.25, 0.3) is 0 Å². The number of aromatic nitrogens is 3. The van der Waals surface area contributed by atoms with Crippen molar-refractivity contribution < 1.29 is 4.79 Å². The summed E-state index contributed by atoms with van der Waals surface area (Å²) in [7, 11) is 3.99. The van der Waals surface area contributed by atoms with Crippen molar-refractivity contribution in [3.05, 3.63) is 34.0 Å². The molecule has 8 heteroatoms. The van der Waals surface area contributed by atoms with Crippen molar-refractivity contribution in [1.29, 1.82) is 0 Å². The highest BCUT2D eigenvalue weighted by molar-refractivity contribution is 7.09. The molecule has 2 aromatic rings. The molecule has 7 nitrogen and oxygen atoms in total. The van der Waals surface area contributed by atoms with E-state index in [4.69, 9.17) is 4.98 Å². The van der Waals surface area contributed by atoms with Crippen LogP contribution >= 0.6 is 11.3 Å². The number of carbonyl (C=O) groups is 1. The fourth-order valence-corrected chi connectivity index (χ4v) is 4.09. The van der Waals surface area contributed by atoms with Crippen molar-refractivity contribution in [2.24, 2.45) is 0 Å². The lowest BCUT2D eigenvalue weighted by atomic mass is 10.2. The van der Waals surface area contributed by atoms with E-state index in [2.05, 4.69) is 20.2 Å². The Morgan fingerprint density at radius 3 is 2.96 bits per heavy atom. The summed E-state index contributed by atoms with van der Waals surface area (Å²) in [5, 5.41) is 5.90. The highest BCUT2D eigenvalue weighted by Gasteiger charge is 2.29. The first-order chi connectivity index (χ1) is 12.6. The summed E-state index contributed by atoms with van der Waals surface area (Å²) < 4.78 is 0. The summed E-state index contributed by atoms with van der Waals surface area (Å²) in [6.07, 6.45) is 5.22. The number of rotatable bonds is 6. The van der Waals surface area contributed by atoms with Gasteiger partial charge in [-0.15, -0.1) is 11.3 Å². The Balaban J connectivity index is 1.34. The lowest BCUT2D eigenvalue weighted by Gasteiger charge is -2.17. The summed E-state index contributed by atoms with van der Waals surface area (Å²) >= 11 is 1.53. The minimum atomic E-state index is -0.0919. The predicted molar refractivity (Wildman–Crippen MR) is 102 cm³/mol. The van der Waals surface area contributed by atoms with Crippen molar-refractivity contribution in [2.45, 2.75) is 37.8 Å². The maximum absolute atomic E-state index is 12.5. The molecule has 2 aromatic heterocycles. The quantitative estimate of drug-likeness (QED) is 0.835. The molecule has 1 amide bonds. The predicted octanol–water partition coefficient (Wildman–Crippen LogP) is 1.88. The number of carbonyl (C=O) groups excluding carboxylic acids is 1. The van der Waals surface area contributed by atoms with Gasteiger partial charge in [0.15, 0.2) is 0 Å². The molecule has 0 radical (unpaired) electrons. The van der Waals surface area contributed by atoms with E-state index in [1.807, 2.05) is 36.6 Å². The molecule has 4 rings (SSSR count). The average Bonchev–Trinajstić information content (AvgIpc) is 3.20. The number of anilines is 1. The molecule has 1 saturated heterocycles. The van der Waals surface area contributed by atoms with Crippen LogP contribution in [0, 0.1) is 0 Å². The summed E-state index contributed by atoms with van der Waals surface area (Å²) in [5.41, 5.74) is 1.66. The normalized spacial score (nSPS) is 20.0. The molecule has 1 atom stereocenters. The Morgan fingerprint density at radius 1 is 1.35 bits per heavy atom. The van der Waals surface area contributed by atoms with Crippen LogP contribution in [0.3, 0.4) is 0 Å². The van der Waals surface area contributed by atoms with E-state index >= 15 is 0 Å². The van der Waals surface area contributed by atoms with Gasteiger partial charge in [-0.25, -0.2) is 15.0 Å². The number of nitrogens with zero attached hydrogens (tertiary/aromatic N) is 5. The van der Waals surface area contributed by atoms with Crippen LogP contribution in [0.15, 0.2) is 17.6 Å². The molecule has 2 fully saturated rings. The van der Waals surface area contributed by atoms with E-state index in [1.54, 1.807) is 0 Å². The van der Waals surface area contributed by atoms with Crippen molar-refractivity contribution in [1.82, 2.24) is 25.2 Å². The van der Waals surface area contributed by atoms with Gasteiger partial charge < -0.3 is 15.1 Å². The Kier molecular flexibility index (Phi) is 4.86. The van der Waals surface area contributed by atoms with Crippen molar-refractivity contribution in [2.75, 3.05) is 32.1 Å². The third kappa shape index (κ3) is 4.02. The third-order valence-corrected chi connectivity index (χ3v) is 5.54. The van der Waals surface area contributed by atoms with E-state index in [0.717, 1.165) is 42.7 Å². The average molecular weight is 372 g/mol. The van der Waals surface area contributed by atoms with E-state index in [9.17, 15) is 4.79 Å². The highest BCUT2D eigenvalue weighted by Crippen LogP contribution is 2.39. The van der Waals surface area contributed by atoms with Gasteiger partial charge in [0.2, 0.25) is 5.95 Å². The van der Waals surface area contributed by atoms with Crippen LogP contribution in [-0.4, -0.2) is 59.0 Å². The first-order valence-electron chi connectivity index (χ1n) is 9.06. The standard InChI is InChI=1S/C18H24N6OS/c1-23(2)10-16-21-15(11-26-16)17(25)20-13-6-8-24(9-13)18-19-7-5-14(22-18)12-3-4-12/h5,7,11-13H,3-4,6,8-10H2,1-2H3,(H,20,25). The van der Waals surface area contributed by atoms with Crippen LogP contribution in [0.4, 0.5) is 5.95 Å². The van der Waals surface area contributed by atoms with Crippen LogP contribution in [-0.2, 0) is 6.54 Å². The van der Waals surface area contributed by atoms with Crippen LogP contribution in [0.5, 0.6) is 0 Å². The molecular weight excluding hydrogens is 348 g/mol. The molecular formula is C18H24N6OS. The summed E-state index contributed by atoms with van der Waals surface area (Å²) in [6.45, 7) is 2.36. The molecule has 1 saturated carbocycles. The van der Waals surface area contributed by atoms with Gasteiger partial charge in [0.05, 0.1) is 0 Å². The second-order valence-corrected chi connectivity index (χ2v) is 8.27. The monoisotopic (exact) mass is 372 g/mol. The van der Waals surface area contributed by atoms with Crippen molar-refractivity contribution >= 4 is 23.2 Å². The van der Waals surface area contributed by atoms with Crippen molar-refractivity contribution in [3.63, 3.8) is 0 Å². The number of hydrogen-bond donors (Lipinski definition) is 1. The number of amides is 1. The second-order valence-electron chi connectivity index (χ2n) is 7.33. The Morgan fingerprint density at radius 2 is 2.19 bits per heavy atom. The molecule has 0 bridgehead atoms. The molecule has 0 spiro atoms. The van der Waals surface area contributed by atoms with Gasteiger partial charge in [-0.3, -0.25) is 4.79 Å². The summed E-state index contributed by atoms with van der Waals surface area (Å²) in [6, 6.07) is 2.12. The van der Waals surface area contributed by atoms with Crippen molar-refractivity contribution in [3.8, 4) is 0 Å². The molecule has 1 unspecified atom stereocenters. The van der Waals surface area contributed by atoms with Gasteiger partial charge in [0.25, 0.3) is 5.91 Å². The Bertz CT molecular complexity index is 787. The fraction of sp³-hybridized carbons (Fsp3) is 0.556.